The van der Waals surface area contributed by atoms with Crippen molar-refractivity contribution < 1.29 is 41.4 Å². The topological polar surface area (TPSA) is 83.8 Å². The number of carboxylic acid groups (broad SMARTS) is 1. The van der Waals surface area contributed by atoms with Crippen LogP contribution in [0.25, 0.3) is 0 Å². The molecule has 0 saturated heterocycles. The third-order valence-electron chi connectivity index (χ3n) is 1.96. The van der Waals surface area contributed by atoms with Crippen LogP contribution in [0.1, 0.15) is 19.8 Å². The van der Waals surface area contributed by atoms with E-state index in [9.17, 15) is 14.7 Å². The fourth-order valence-electron chi connectivity index (χ4n) is 1.45. The molecule has 0 saturated carbocycles. The number of aliphatic hydroxyl groups is 1. The molecule has 0 radical (unpaired) electrons. The number of carbonyl (C=O) groups excluding carboxylic acids is 1. The summed E-state index contributed by atoms with van der Waals surface area (Å²) < 4.78 is 5.40. The fourth-order valence-corrected chi connectivity index (χ4v) is 1.45. The second-order valence-electron chi connectivity index (χ2n) is 5.23. The molecule has 108 valence electrons. The first-order valence-corrected chi connectivity index (χ1v) is 5.50. The zero-order valence-electron chi connectivity index (χ0n) is 11.2. The van der Waals surface area contributed by atoms with E-state index < -0.39 is 24.1 Å². The van der Waals surface area contributed by atoms with Gasteiger partial charge < -0.3 is 31.8 Å². The molecule has 0 aromatic carbocycles. The molecular formula is C11H22ClNO5. The number of esters is 1. The van der Waals surface area contributed by atoms with Crippen LogP contribution >= 0.6 is 0 Å². The van der Waals surface area contributed by atoms with Crippen molar-refractivity contribution in [3.8, 4) is 0 Å². The molecule has 0 aromatic rings. The van der Waals surface area contributed by atoms with E-state index in [2.05, 4.69) is 0 Å². The number of aliphatic hydroxyl groups excluding tert-OH is 1. The van der Waals surface area contributed by atoms with Crippen molar-refractivity contribution >= 4 is 11.9 Å². The van der Waals surface area contributed by atoms with Crippen LogP contribution in [0.3, 0.4) is 0 Å². The number of rotatable bonds is 7. The number of likely N-dealkylation sites (N-methyl/N-ethyl adjacent to an activating group) is 1. The lowest BCUT2D eigenvalue weighted by molar-refractivity contribution is -0.873. The molecule has 0 rings (SSSR count). The summed E-state index contributed by atoms with van der Waals surface area (Å²) in [5, 5.41) is 18.1. The Kier molecular flexibility index (Phi) is 8.97. The summed E-state index contributed by atoms with van der Waals surface area (Å²) in [6.45, 7) is 1.95. The Morgan fingerprint density at radius 2 is 1.72 bits per heavy atom. The van der Waals surface area contributed by atoms with Gasteiger partial charge in [-0.05, 0) is 6.92 Å². The number of quaternary nitrogens is 1. The molecule has 0 heterocycles. The Morgan fingerprint density at radius 1 is 1.22 bits per heavy atom. The van der Waals surface area contributed by atoms with Crippen LogP contribution in [0.4, 0.5) is 0 Å². The lowest BCUT2D eigenvalue weighted by atomic mass is 10.2. The number of hydrogen-bond donors (Lipinski definition) is 2. The second kappa shape index (κ2) is 8.29. The quantitative estimate of drug-likeness (QED) is 0.381. The van der Waals surface area contributed by atoms with E-state index in [1.165, 1.54) is 6.92 Å². The van der Waals surface area contributed by atoms with Crippen LogP contribution in [0.2, 0.25) is 0 Å². The molecule has 0 aliphatic rings. The molecule has 0 spiro atoms. The van der Waals surface area contributed by atoms with Gasteiger partial charge in [-0.25, -0.2) is 0 Å². The van der Waals surface area contributed by atoms with Crippen LogP contribution in [0.15, 0.2) is 0 Å². The summed E-state index contributed by atoms with van der Waals surface area (Å²) in [4.78, 5) is 21.7. The van der Waals surface area contributed by atoms with Gasteiger partial charge in [0.25, 0.3) is 0 Å². The molecule has 0 bridgehead atoms. The number of nitrogens with zero attached hydrogens (tertiary/aromatic N) is 1. The van der Waals surface area contributed by atoms with E-state index >= 15 is 0 Å². The summed E-state index contributed by atoms with van der Waals surface area (Å²) >= 11 is 0. The molecule has 1 unspecified atom stereocenters. The SMILES string of the molecule is CC(CC(=O)O)OC(=O)C[C@@H](O)C[N+](C)(C)C.[Cl-]. The average molecular weight is 284 g/mol. The summed E-state index contributed by atoms with van der Waals surface area (Å²) in [5.41, 5.74) is 0. The summed E-state index contributed by atoms with van der Waals surface area (Å²) in [6, 6.07) is 0. The Morgan fingerprint density at radius 3 is 2.11 bits per heavy atom. The standard InChI is InChI=1S/C11H21NO5.ClH/c1-8(5-10(14)15)17-11(16)6-9(13)7-12(2,3)4;/h8-9,13H,5-7H2,1-4H3;1H/t8?,9-;/m1./s1. The number of aliphatic carboxylic acids is 1. The zero-order valence-corrected chi connectivity index (χ0v) is 12.0. The maximum atomic E-state index is 11.3. The minimum Gasteiger partial charge on any atom is -1.00 e. The van der Waals surface area contributed by atoms with Crippen molar-refractivity contribution in [3.63, 3.8) is 0 Å². The highest BCUT2D eigenvalue weighted by molar-refractivity contribution is 5.71. The Hall–Kier alpha value is -0.850. The number of carbonyl (C=O) groups is 2. The van der Waals surface area contributed by atoms with Gasteiger partial charge in [-0.1, -0.05) is 0 Å². The fraction of sp³-hybridized carbons (Fsp3) is 0.818. The van der Waals surface area contributed by atoms with Gasteiger partial charge in [0.15, 0.2) is 0 Å². The monoisotopic (exact) mass is 283 g/mol. The Balaban J connectivity index is 0. The van der Waals surface area contributed by atoms with Gasteiger partial charge in [0.05, 0.1) is 34.0 Å². The van der Waals surface area contributed by atoms with Gasteiger partial charge in [0.2, 0.25) is 0 Å². The van der Waals surface area contributed by atoms with E-state index in [-0.39, 0.29) is 25.2 Å². The molecule has 0 fully saturated rings. The highest BCUT2D eigenvalue weighted by atomic mass is 35.5. The van der Waals surface area contributed by atoms with Gasteiger partial charge in [-0.15, -0.1) is 0 Å². The van der Waals surface area contributed by atoms with Crippen LogP contribution in [0, 0.1) is 0 Å². The number of ether oxygens (including phenoxy) is 1. The lowest BCUT2D eigenvalue weighted by Gasteiger charge is -2.26. The molecule has 2 N–H and O–H groups in total. The zero-order chi connectivity index (χ0) is 13.6. The Bertz CT molecular complexity index is 277. The number of hydrogen-bond acceptors (Lipinski definition) is 4. The van der Waals surface area contributed by atoms with Crippen molar-refractivity contribution in [3.05, 3.63) is 0 Å². The van der Waals surface area contributed by atoms with E-state index in [1.807, 2.05) is 21.1 Å². The van der Waals surface area contributed by atoms with E-state index in [0.717, 1.165) is 0 Å². The largest absolute Gasteiger partial charge is 1.00 e. The second-order valence-corrected chi connectivity index (χ2v) is 5.23. The summed E-state index contributed by atoms with van der Waals surface area (Å²) in [7, 11) is 5.71. The van der Waals surface area contributed by atoms with Crippen LogP contribution in [-0.2, 0) is 14.3 Å². The molecule has 7 heteroatoms. The number of halogens is 1. The first-order chi connectivity index (χ1) is 7.60. The normalized spacial score (nSPS) is 14.3. The van der Waals surface area contributed by atoms with E-state index in [4.69, 9.17) is 9.84 Å². The van der Waals surface area contributed by atoms with Gasteiger partial charge >= 0.3 is 11.9 Å². The Labute approximate surface area is 114 Å². The maximum absolute atomic E-state index is 11.3. The van der Waals surface area contributed by atoms with Crippen LogP contribution in [-0.4, -0.2) is 66.5 Å². The predicted molar refractivity (Wildman–Crippen MR) is 61.3 cm³/mol. The molecule has 0 amide bonds. The minimum atomic E-state index is -1.02. The van der Waals surface area contributed by atoms with Crippen LogP contribution in [0.5, 0.6) is 0 Å². The van der Waals surface area contributed by atoms with Gasteiger partial charge in [-0.3, -0.25) is 9.59 Å². The first-order valence-electron chi connectivity index (χ1n) is 5.50. The average Bonchev–Trinajstić information content (AvgIpc) is 1.95. The molecule has 18 heavy (non-hydrogen) atoms. The first kappa shape index (κ1) is 19.5. The van der Waals surface area contributed by atoms with Gasteiger partial charge in [0, 0.05) is 0 Å². The molecular weight excluding hydrogens is 262 g/mol. The maximum Gasteiger partial charge on any atom is 0.308 e. The van der Waals surface area contributed by atoms with E-state index in [0.29, 0.717) is 11.0 Å². The van der Waals surface area contributed by atoms with Gasteiger partial charge in [0.1, 0.15) is 18.8 Å². The molecule has 2 atom stereocenters. The molecule has 0 aromatic heterocycles. The van der Waals surface area contributed by atoms with Crippen LogP contribution < -0.4 is 12.4 Å². The highest BCUT2D eigenvalue weighted by Gasteiger charge is 2.21. The summed E-state index contributed by atoms with van der Waals surface area (Å²) in [6.07, 6.45) is -1.78. The molecule has 0 aliphatic heterocycles. The third kappa shape index (κ3) is 11.6. The molecule has 6 nitrogen and oxygen atoms in total. The van der Waals surface area contributed by atoms with Crippen molar-refractivity contribution in [2.45, 2.75) is 32.0 Å². The smallest absolute Gasteiger partial charge is 0.308 e. The summed E-state index contributed by atoms with van der Waals surface area (Å²) in [5.74, 6) is -1.59. The van der Waals surface area contributed by atoms with Gasteiger partial charge in [-0.2, -0.15) is 0 Å². The molecule has 0 aliphatic carbocycles. The minimum absolute atomic E-state index is 0. The number of carboxylic acids is 1. The predicted octanol–water partition coefficient (Wildman–Crippen LogP) is -3.15. The highest BCUT2D eigenvalue weighted by Crippen LogP contribution is 2.04. The third-order valence-corrected chi connectivity index (χ3v) is 1.96. The van der Waals surface area contributed by atoms with Crippen molar-refractivity contribution in [2.24, 2.45) is 0 Å². The van der Waals surface area contributed by atoms with E-state index in [1.54, 1.807) is 0 Å². The van der Waals surface area contributed by atoms with Crippen molar-refractivity contribution in [2.75, 3.05) is 27.7 Å². The van der Waals surface area contributed by atoms with Crippen molar-refractivity contribution in [1.29, 1.82) is 0 Å². The lowest BCUT2D eigenvalue weighted by Crippen LogP contribution is -3.00. The van der Waals surface area contributed by atoms with Crippen molar-refractivity contribution in [1.82, 2.24) is 0 Å².